The highest BCUT2D eigenvalue weighted by molar-refractivity contribution is 5.76. The van der Waals surface area contributed by atoms with Crippen molar-refractivity contribution in [2.75, 3.05) is 0 Å². The van der Waals surface area contributed by atoms with Crippen LogP contribution in [0, 0.1) is 6.92 Å². The monoisotopic (exact) mass is 358 g/mol. The molecule has 26 heavy (non-hydrogen) atoms. The summed E-state index contributed by atoms with van der Waals surface area (Å²) < 4.78 is 46.2. The Morgan fingerprint density at radius 1 is 1.00 bits per heavy atom. The minimum Gasteiger partial charge on any atom is -0.337 e. The molecule has 5 nitrogen and oxygen atoms in total. The smallest absolute Gasteiger partial charge is 0.337 e. The van der Waals surface area contributed by atoms with E-state index < -0.39 is 12.0 Å². The Labute approximate surface area is 146 Å². The molecule has 0 fully saturated rings. The van der Waals surface area contributed by atoms with E-state index in [9.17, 15) is 13.2 Å². The Morgan fingerprint density at radius 2 is 1.73 bits per heavy atom. The summed E-state index contributed by atoms with van der Waals surface area (Å²) in [5.74, 6) is -0.582. The summed E-state index contributed by atoms with van der Waals surface area (Å²) in [6.07, 6.45) is -4.58. The molecule has 8 heteroatoms. The quantitative estimate of drug-likeness (QED) is 0.542. The lowest BCUT2D eigenvalue weighted by Crippen LogP contribution is -2.15. The molecule has 4 rings (SSSR count). The lowest BCUT2D eigenvalue weighted by molar-refractivity contribution is -0.146. The van der Waals surface area contributed by atoms with Crippen LogP contribution in [0.2, 0.25) is 0 Å². The Hall–Kier alpha value is -3.16. The van der Waals surface area contributed by atoms with Crippen LogP contribution in [0.25, 0.3) is 22.4 Å². The number of halogens is 3. The Balaban J connectivity index is 1.73. The summed E-state index contributed by atoms with van der Waals surface area (Å²) in [6, 6.07) is 13.9. The normalized spacial score (nSPS) is 12.0. The molecule has 0 aliphatic heterocycles. The van der Waals surface area contributed by atoms with Gasteiger partial charge in [-0.1, -0.05) is 47.1 Å². The van der Waals surface area contributed by atoms with Crippen molar-refractivity contribution in [3.05, 3.63) is 65.8 Å². The molecule has 2 aromatic carbocycles. The Bertz CT molecular complexity index is 1060. The number of fused-ring (bicyclic) bond motifs is 1. The molecular formula is C18H13F3N4O. The number of aromatic nitrogens is 4. The van der Waals surface area contributed by atoms with Crippen LogP contribution >= 0.6 is 0 Å². The molecule has 0 bridgehead atoms. The maximum Gasteiger partial charge on any atom is 0.449 e. The third kappa shape index (κ3) is 2.94. The van der Waals surface area contributed by atoms with E-state index in [1.807, 2.05) is 31.2 Å². The molecule has 0 amide bonds. The van der Waals surface area contributed by atoms with Gasteiger partial charge < -0.3 is 9.09 Å². The van der Waals surface area contributed by atoms with Crippen molar-refractivity contribution < 1.29 is 17.7 Å². The first kappa shape index (κ1) is 16.3. The number of rotatable bonds is 3. The number of alkyl halides is 3. The van der Waals surface area contributed by atoms with Gasteiger partial charge in [-0.25, -0.2) is 4.98 Å². The summed E-state index contributed by atoms with van der Waals surface area (Å²) in [6.45, 7) is 1.74. The second-order valence-electron chi connectivity index (χ2n) is 5.89. The predicted octanol–water partition coefficient (Wildman–Crippen LogP) is 4.46. The zero-order valence-corrected chi connectivity index (χ0v) is 13.7. The highest BCUT2D eigenvalue weighted by atomic mass is 19.4. The van der Waals surface area contributed by atoms with Crippen LogP contribution in [-0.2, 0) is 12.7 Å². The number of hydrogen-bond acceptors (Lipinski definition) is 4. The topological polar surface area (TPSA) is 56.7 Å². The lowest BCUT2D eigenvalue weighted by Gasteiger charge is -2.08. The zero-order chi connectivity index (χ0) is 18.3. The molecule has 4 aromatic rings. The Kier molecular flexibility index (Phi) is 3.75. The number of imidazole rings is 1. The van der Waals surface area contributed by atoms with Gasteiger partial charge in [-0.05, 0) is 19.1 Å². The minimum absolute atomic E-state index is 0.0780. The van der Waals surface area contributed by atoms with Crippen molar-refractivity contribution in [3.8, 4) is 11.4 Å². The molecule has 0 N–H and O–H groups in total. The standard InChI is InChI=1S/C18H13F3N4O/c1-11-6-8-12(9-7-11)16-23-15(26-24-16)10-25-14-5-3-2-4-13(14)22-17(25)18(19,20)21/h2-9H,10H2,1H3. The average molecular weight is 358 g/mol. The number of nitrogens with zero attached hydrogens (tertiary/aromatic N) is 4. The van der Waals surface area contributed by atoms with Crippen molar-refractivity contribution >= 4 is 11.0 Å². The maximum absolute atomic E-state index is 13.3. The average Bonchev–Trinajstić information content (AvgIpc) is 3.21. The highest BCUT2D eigenvalue weighted by Crippen LogP contribution is 2.32. The summed E-state index contributed by atoms with van der Waals surface area (Å²) in [7, 11) is 0. The van der Waals surface area contributed by atoms with Gasteiger partial charge in [0.1, 0.15) is 6.54 Å². The van der Waals surface area contributed by atoms with E-state index in [0.717, 1.165) is 15.7 Å². The largest absolute Gasteiger partial charge is 0.449 e. The highest BCUT2D eigenvalue weighted by Gasteiger charge is 2.38. The molecule has 0 saturated carbocycles. The van der Waals surface area contributed by atoms with E-state index in [0.29, 0.717) is 11.3 Å². The van der Waals surface area contributed by atoms with Gasteiger partial charge in [0.2, 0.25) is 17.5 Å². The van der Waals surface area contributed by atoms with Crippen LogP contribution in [0.15, 0.2) is 53.1 Å². The van der Waals surface area contributed by atoms with Crippen molar-refractivity contribution in [3.63, 3.8) is 0 Å². The first-order valence-electron chi connectivity index (χ1n) is 7.84. The van der Waals surface area contributed by atoms with Crippen LogP contribution in [0.5, 0.6) is 0 Å². The number of benzene rings is 2. The molecule has 0 unspecified atom stereocenters. The summed E-state index contributed by atoms with van der Waals surface area (Å²) in [5, 5.41) is 3.87. The SMILES string of the molecule is Cc1ccc(-c2noc(Cn3c(C(F)(F)F)nc4ccccc43)n2)cc1. The third-order valence-corrected chi connectivity index (χ3v) is 3.98. The molecular weight excluding hydrogens is 345 g/mol. The molecule has 0 spiro atoms. The van der Waals surface area contributed by atoms with Crippen molar-refractivity contribution in [1.82, 2.24) is 19.7 Å². The second kappa shape index (κ2) is 5.98. The van der Waals surface area contributed by atoms with Crippen LogP contribution in [0.1, 0.15) is 17.3 Å². The molecule has 0 aliphatic rings. The maximum atomic E-state index is 13.3. The van der Waals surface area contributed by atoms with Crippen LogP contribution < -0.4 is 0 Å². The van der Waals surface area contributed by atoms with Crippen LogP contribution in [0.4, 0.5) is 13.2 Å². The lowest BCUT2D eigenvalue weighted by atomic mass is 10.1. The molecule has 0 atom stereocenters. The number of aryl methyl sites for hydroxylation is 1. The summed E-state index contributed by atoms with van der Waals surface area (Å²) in [5.41, 5.74) is 2.43. The van der Waals surface area contributed by atoms with Crippen LogP contribution in [-0.4, -0.2) is 19.7 Å². The van der Waals surface area contributed by atoms with Gasteiger partial charge in [0.15, 0.2) is 0 Å². The molecule has 0 radical (unpaired) electrons. The second-order valence-corrected chi connectivity index (χ2v) is 5.89. The van der Waals surface area contributed by atoms with Gasteiger partial charge in [-0.2, -0.15) is 18.2 Å². The Morgan fingerprint density at radius 3 is 2.46 bits per heavy atom. The third-order valence-electron chi connectivity index (χ3n) is 3.98. The summed E-state index contributed by atoms with van der Waals surface area (Å²) >= 11 is 0. The van der Waals surface area contributed by atoms with Crippen LogP contribution in [0.3, 0.4) is 0 Å². The molecule has 2 heterocycles. The molecule has 0 saturated heterocycles. The van der Waals surface area contributed by atoms with Crippen molar-refractivity contribution in [2.24, 2.45) is 0 Å². The first-order chi connectivity index (χ1) is 12.4. The number of hydrogen-bond donors (Lipinski definition) is 0. The van der Waals surface area contributed by atoms with Gasteiger partial charge in [-0.3, -0.25) is 0 Å². The fourth-order valence-corrected chi connectivity index (χ4v) is 2.73. The fourth-order valence-electron chi connectivity index (χ4n) is 2.73. The molecule has 2 aromatic heterocycles. The van der Waals surface area contributed by atoms with Crippen molar-refractivity contribution in [2.45, 2.75) is 19.6 Å². The number of para-hydroxylation sites is 2. The molecule has 132 valence electrons. The van der Waals surface area contributed by atoms with E-state index in [2.05, 4.69) is 15.1 Å². The van der Waals surface area contributed by atoms with Gasteiger partial charge in [0.05, 0.1) is 11.0 Å². The minimum atomic E-state index is -4.58. The summed E-state index contributed by atoms with van der Waals surface area (Å²) in [4.78, 5) is 7.92. The zero-order valence-electron chi connectivity index (χ0n) is 13.7. The first-order valence-corrected chi connectivity index (χ1v) is 7.84. The van der Waals surface area contributed by atoms with E-state index in [4.69, 9.17) is 4.52 Å². The van der Waals surface area contributed by atoms with E-state index in [1.54, 1.807) is 18.2 Å². The molecule has 0 aliphatic carbocycles. The van der Waals surface area contributed by atoms with Gasteiger partial charge in [-0.15, -0.1) is 0 Å². The van der Waals surface area contributed by atoms with Gasteiger partial charge in [0, 0.05) is 5.56 Å². The van der Waals surface area contributed by atoms with Gasteiger partial charge in [0.25, 0.3) is 0 Å². The van der Waals surface area contributed by atoms with Crippen molar-refractivity contribution in [1.29, 1.82) is 0 Å². The van der Waals surface area contributed by atoms with Gasteiger partial charge >= 0.3 is 6.18 Å². The van der Waals surface area contributed by atoms with E-state index in [-0.39, 0.29) is 18.0 Å². The predicted molar refractivity (Wildman–Crippen MR) is 88.3 cm³/mol. The van der Waals surface area contributed by atoms with E-state index >= 15 is 0 Å². The fraction of sp³-hybridized carbons (Fsp3) is 0.167. The van der Waals surface area contributed by atoms with E-state index in [1.165, 1.54) is 6.07 Å².